The summed E-state index contributed by atoms with van der Waals surface area (Å²) in [5.41, 5.74) is 2.78. The molecule has 0 aromatic heterocycles. The van der Waals surface area contributed by atoms with Crippen molar-refractivity contribution in [1.29, 1.82) is 0 Å². The molecule has 8 heteroatoms. The molecule has 1 aliphatic carbocycles. The predicted molar refractivity (Wildman–Crippen MR) is 125 cm³/mol. The number of halogens is 4. The van der Waals surface area contributed by atoms with Crippen molar-refractivity contribution in [3.8, 4) is 0 Å². The van der Waals surface area contributed by atoms with Crippen molar-refractivity contribution in [2.45, 2.75) is 52.0 Å². The minimum absolute atomic E-state index is 0.0626. The fourth-order valence-corrected chi connectivity index (χ4v) is 3.58. The fourth-order valence-electron chi connectivity index (χ4n) is 3.58. The molecule has 0 amide bonds. The van der Waals surface area contributed by atoms with Gasteiger partial charge in [0.25, 0.3) is 0 Å². The largest absolute Gasteiger partial charge is 0.408 e. The summed E-state index contributed by atoms with van der Waals surface area (Å²) in [5, 5.41) is 8.15. The van der Waals surface area contributed by atoms with Gasteiger partial charge in [-0.2, -0.15) is 13.2 Å². The maximum atomic E-state index is 14.4. The number of dihydropyridines is 1. The molecule has 176 valence electrons. The molecule has 33 heavy (non-hydrogen) atoms. The van der Waals surface area contributed by atoms with E-state index in [1.54, 1.807) is 32.9 Å². The standard InChI is InChI=1S/C25H28F4N4/c1-5-15(2)11-20(22(25(27,28)29)33-23-16(3)12-19(26)14-30-23)24-31-17(4)13-21(32-24)18-9-7-6-8-10-18/h5,7,9-14,22-23,30,33H,4,6,8H2,1-3H3,(H,31,32)/b15-5-,20-11-. The van der Waals surface area contributed by atoms with Crippen LogP contribution >= 0.6 is 0 Å². The number of hydrogen-bond donors (Lipinski definition) is 3. The highest BCUT2D eigenvalue weighted by Gasteiger charge is 2.45. The van der Waals surface area contributed by atoms with Gasteiger partial charge in [-0.1, -0.05) is 42.5 Å². The first kappa shape index (κ1) is 24.5. The molecular formula is C25H28F4N4. The van der Waals surface area contributed by atoms with Gasteiger partial charge in [-0.25, -0.2) is 9.38 Å². The van der Waals surface area contributed by atoms with Crippen molar-refractivity contribution in [2.75, 3.05) is 0 Å². The van der Waals surface area contributed by atoms with E-state index in [9.17, 15) is 17.6 Å². The van der Waals surface area contributed by atoms with E-state index in [2.05, 4.69) is 27.5 Å². The van der Waals surface area contributed by atoms with E-state index in [1.165, 1.54) is 12.2 Å². The quantitative estimate of drug-likeness (QED) is 0.349. The van der Waals surface area contributed by atoms with Crippen molar-refractivity contribution < 1.29 is 17.6 Å². The summed E-state index contributed by atoms with van der Waals surface area (Å²) in [6.07, 6.45) is 9.24. The van der Waals surface area contributed by atoms with Crippen molar-refractivity contribution in [3.63, 3.8) is 0 Å². The van der Waals surface area contributed by atoms with E-state index in [1.807, 2.05) is 18.2 Å². The van der Waals surface area contributed by atoms with E-state index in [0.717, 1.165) is 24.6 Å². The number of amidine groups is 1. The SMILES string of the molecule is C=C1C=C(C2=CCCC=C2)N=C(/C(=C\C(C)=C/C)C(NC2NC=C(F)C=C2C)C(F)(F)F)N1. The molecule has 3 aliphatic rings. The summed E-state index contributed by atoms with van der Waals surface area (Å²) in [6, 6.07) is -2.09. The maximum Gasteiger partial charge on any atom is 0.408 e. The number of nitrogens with zero attached hydrogens (tertiary/aromatic N) is 1. The van der Waals surface area contributed by atoms with Gasteiger partial charge < -0.3 is 10.6 Å². The van der Waals surface area contributed by atoms with Gasteiger partial charge in [-0.15, -0.1) is 0 Å². The van der Waals surface area contributed by atoms with Gasteiger partial charge >= 0.3 is 6.18 Å². The lowest BCUT2D eigenvalue weighted by Gasteiger charge is -2.32. The Labute approximate surface area is 191 Å². The van der Waals surface area contributed by atoms with Gasteiger partial charge in [0.2, 0.25) is 0 Å². The Balaban J connectivity index is 2.05. The van der Waals surface area contributed by atoms with Crippen LogP contribution in [-0.2, 0) is 0 Å². The van der Waals surface area contributed by atoms with Crippen molar-refractivity contribution >= 4 is 5.84 Å². The Kier molecular flexibility index (Phi) is 7.58. The number of allylic oxidation sites excluding steroid dienone is 9. The lowest BCUT2D eigenvalue weighted by molar-refractivity contribution is -0.147. The summed E-state index contributed by atoms with van der Waals surface area (Å²) in [6.45, 7) is 8.95. The minimum atomic E-state index is -4.65. The van der Waals surface area contributed by atoms with Crippen LogP contribution < -0.4 is 16.0 Å². The molecule has 2 atom stereocenters. The van der Waals surface area contributed by atoms with Crippen molar-refractivity contribution in [1.82, 2.24) is 16.0 Å². The Morgan fingerprint density at radius 2 is 2.06 bits per heavy atom. The third-order valence-corrected chi connectivity index (χ3v) is 5.41. The second-order valence-electron chi connectivity index (χ2n) is 8.07. The van der Waals surface area contributed by atoms with Gasteiger partial charge in [-0.3, -0.25) is 5.32 Å². The third-order valence-electron chi connectivity index (χ3n) is 5.41. The Bertz CT molecular complexity index is 1050. The van der Waals surface area contributed by atoms with Crippen LogP contribution in [0.25, 0.3) is 0 Å². The molecule has 2 unspecified atom stereocenters. The zero-order valence-electron chi connectivity index (χ0n) is 18.9. The van der Waals surface area contributed by atoms with E-state index in [-0.39, 0.29) is 11.4 Å². The normalized spacial score (nSPS) is 22.9. The molecule has 4 nitrogen and oxygen atoms in total. The number of alkyl halides is 3. The summed E-state index contributed by atoms with van der Waals surface area (Å²) < 4.78 is 56.7. The summed E-state index contributed by atoms with van der Waals surface area (Å²) in [4.78, 5) is 4.55. The van der Waals surface area contributed by atoms with Crippen LogP contribution in [0.4, 0.5) is 17.6 Å². The van der Waals surface area contributed by atoms with Crippen molar-refractivity contribution in [3.05, 3.63) is 94.8 Å². The molecular weight excluding hydrogens is 432 g/mol. The molecule has 3 rings (SSSR count). The Morgan fingerprint density at radius 1 is 1.30 bits per heavy atom. The summed E-state index contributed by atoms with van der Waals surface area (Å²) >= 11 is 0. The second-order valence-corrected chi connectivity index (χ2v) is 8.07. The van der Waals surface area contributed by atoms with Crippen LogP contribution in [0.15, 0.2) is 99.8 Å². The number of rotatable bonds is 6. The Morgan fingerprint density at radius 3 is 2.67 bits per heavy atom. The Hall–Kier alpha value is -3.13. The molecule has 3 N–H and O–H groups in total. The lowest BCUT2D eigenvalue weighted by atomic mass is 9.98. The first-order valence-corrected chi connectivity index (χ1v) is 10.7. The topological polar surface area (TPSA) is 48.5 Å². The number of aliphatic imine (C=N–C) groups is 1. The second kappa shape index (κ2) is 10.2. The monoisotopic (exact) mass is 460 g/mol. The smallest absolute Gasteiger partial charge is 0.370 e. The third kappa shape index (κ3) is 6.22. The van der Waals surface area contributed by atoms with Crippen LogP contribution in [0.5, 0.6) is 0 Å². The summed E-state index contributed by atoms with van der Waals surface area (Å²) in [7, 11) is 0. The molecule has 0 saturated heterocycles. The fraction of sp³-hybridized carbons (Fsp3) is 0.320. The van der Waals surface area contributed by atoms with Gasteiger partial charge in [0.1, 0.15) is 17.7 Å². The highest BCUT2D eigenvalue weighted by atomic mass is 19.4. The molecule has 0 fully saturated rings. The van der Waals surface area contributed by atoms with Crippen LogP contribution in [0, 0.1) is 0 Å². The average molecular weight is 461 g/mol. The van der Waals surface area contributed by atoms with Crippen LogP contribution in [-0.4, -0.2) is 24.2 Å². The highest BCUT2D eigenvalue weighted by molar-refractivity contribution is 6.03. The zero-order chi connectivity index (χ0) is 24.2. The van der Waals surface area contributed by atoms with E-state index < -0.39 is 24.2 Å². The predicted octanol–water partition coefficient (Wildman–Crippen LogP) is 5.76. The molecule has 0 aromatic rings. The zero-order valence-corrected chi connectivity index (χ0v) is 18.9. The average Bonchev–Trinajstić information content (AvgIpc) is 2.76. The van der Waals surface area contributed by atoms with Gasteiger partial charge in [0.15, 0.2) is 0 Å². The highest BCUT2D eigenvalue weighted by Crippen LogP contribution is 2.31. The van der Waals surface area contributed by atoms with Gasteiger partial charge in [0.05, 0.1) is 11.9 Å². The van der Waals surface area contributed by atoms with E-state index in [0.29, 0.717) is 22.5 Å². The van der Waals surface area contributed by atoms with Crippen LogP contribution in [0.1, 0.15) is 33.6 Å². The van der Waals surface area contributed by atoms with Crippen LogP contribution in [0.3, 0.4) is 0 Å². The first-order valence-electron chi connectivity index (χ1n) is 10.7. The van der Waals surface area contributed by atoms with E-state index in [4.69, 9.17) is 0 Å². The number of hydrogen-bond acceptors (Lipinski definition) is 4. The minimum Gasteiger partial charge on any atom is -0.370 e. The molecule has 2 heterocycles. The maximum absolute atomic E-state index is 14.4. The number of nitrogens with one attached hydrogen (secondary N) is 3. The van der Waals surface area contributed by atoms with Gasteiger partial charge in [0, 0.05) is 17.5 Å². The molecule has 0 radical (unpaired) electrons. The molecule has 0 saturated carbocycles. The summed E-state index contributed by atoms with van der Waals surface area (Å²) in [5.74, 6) is -0.486. The van der Waals surface area contributed by atoms with E-state index >= 15 is 0 Å². The molecule has 2 aliphatic heterocycles. The van der Waals surface area contributed by atoms with Gasteiger partial charge in [-0.05, 0) is 56.9 Å². The van der Waals surface area contributed by atoms with Crippen LogP contribution in [0.2, 0.25) is 0 Å². The van der Waals surface area contributed by atoms with Crippen molar-refractivity contribution in [2.24, 2.45) is 4.99 Å². The lowest BCUT2D eigenvalue weighted by Crippen LogP contribution is -2.55. The molecule has 0 aromatic carbocycles. The first-order chi connectivity index (χ1) is 15.6. The molecule has 0 spiro atoms. The molecule has 0 bridgehead atoms.